The molecule has 1 fully saturated rings. The van der Waals surface area contributed by atoms with Gasteiger partial charge in [-0.3, -0.25) is 0 Å². The van der Waals surface area contributed by atoms with Crippen LogP contribution in [0.2, 0.25) is 0 Å². The van der Waals surface area contributed by atoms with Crippen molar-refractivity contribution in [2.75, 3.05) is 20.2 Å². The van der Waals surface area contributed by atoms with Gasteiger partial charge in [0.1, 0.15) is 0 Å². The highest BCUT2D eigenvalue weighted by Crippen LogP contribution is 2.29. The van der Waals surface area contributed by atoms with Crippen LogP contribution < -0.4 is 0 Å². The summed E-state index contributed by atoms with van der Waals surface area (Å²) < 4.78 is 31.5. The lowest BCUT2D eigenvalue weighted by Crippen LogP contribution is -2.44. The van der Waals surface area contributed by atoms with Gasteiger partial charge in [0.15, 0.2) is 5.60 Å². The summed E-state index contributed by atoms with van der Waals surface area (Å²) in [6, 6.07) is 5.63. The molecule has 0 aromatic heterocycles. The molecule has 1 atom stereocenters. The fourth-order valence-corrected chi connectivity index (χ4v) is 4.54. The number of carboxylic acid groups (broad SMARTS) is 1. The van der Waals surface area contributed by atoms with Crippen molar-refractivity contribution < 1.29 is 23.1 Å². The number of methoxy groups -OCH3 is 1. The number of carboxylic acids is 1. The highest BCUT2D eigenvalue weighted by atomic mass is 32.2. The van der Waals surface area contributed by atoms with Gasteiger partial charge in [-0.15, -0.1) is 0 Å². The van der Waals surface area contributed by atoms with Crippen LogP contribution in [0.15, 0.2) is 18.2 Å². The van der Waals surface area contributed by atoms with Crippen molar-refractivity contribution >= 4 is 16.0 Å². The Labute approximate surface area is 130 Å². The first-order chi connectivity index (χ1) is 10.2. The first-order valence-corrected chi connectivity index (χ1v) is 8.64. The van der Waals surface area contributed by atoms with Crippen LogP contribution in [-0.2, 0) is 25.3 Å². The van der Waals surface area contributed by atoms with Gasteiger partial charge in [0.05, 0.1) is 12.3 Å². The Balaban J connectivity index is 2.24. The van der Waals surface area contributed by atoms with Crippen molar-refractivity contribution in [1.29, 1.82) is 0 Å². The lowest BCUT2D eigenvalue weighted by atomic mass is 10.0. The number of rotatable bonds is 5. The van der Waals surface area contributed by atoms with E-state index < -0.39 is 21.6 Å². The molecule has 0 aliphatic carbocycles. The minimum atomic E-state index is -3.58. The molecule has 0 amide bonds. The molecule has 0 bridgehead atoms. The third-order valence-electron chi connectivity index (χ3n) is 4.34. The number of nitrogens with zero attached hydrogens (tertiary/aromatic N) is 1. The molecule has 0 radical (unpaired) electrons. The van der Waals surface area contributed by atoms with E-state index >= 15 is 0 Å². The van der Waals surface area contributed by atoms with Gasteiger partial charge in [-0.1, -0.05) is 18.2 Å². The third kappa shape index (κ3) is 3.02. The van der Waals surface area contributed by atoms with Crippen LogP contribution in [0.1, 0.15) is 23.1 Å². The molecule has 0 saturated carbocycles. The zero-order valence-electron chi connectivity index (χ0n) is 13.0. The quantitative estimate of drug-likeness (QED) is 0.881. The molecular formula is C15H21NO5S. The molecule has 2 rings (SSSR count). The third-order valence-corrected chi connectivity index (χ3v) is 6.09. The van der Waals surface area contributed by atoms with E-state index in [0.717, 1.165) is 16.7 Å². The SMILES string of the molecule is COC1(C(=O)O)CCN(S(=O)(=O)Cc2c(C)cccc2C)C1. The Morgan fingerprint density at radius 1 is 1.36 bits per heavy atom. The van der Waals surface area contributed by atoms with E-state index in [-0.39, 0.29) is 25.3 Å². The number of ether oxygens (including phenoxy) is 1. The van der Waals surface area contributed by atoms with Gasteiger partial charge in [0.25, 0.3) is 0 Å². The molecule has 1 N–H and O–H groups in total. The summed E-state index contributed by atoms with van der Waals surface area (Å²) in [6.07, 6.45) is 0.158. The van der Waals surface area contributed by atoms with E-state index in [9.17, 15) is 18.3 Å². The largest absolute Gasteiger partial charge is 0.479 e. The highest BCUT2D eigenvalue weighted by Gasteiger charge is 2.48. The van der Waals surface area contributed by atoms with Gasteiger partial charge in [0.2, 0.25) is 10.0 Å². The van der Waals surface area contributed by atoms with E-state index in [1.807, 2.05) is 32.0 Å². The second-order valence-electron chi connectivity index (χ2n) is 5.71. The number of hydrogen-bond acceptors (Lipinski definition) is 4. The molecule has 7 heteroatoms. The van der Waals surface area contributed by atoms with E-state index in [4.69, 9.17) is 4.74 Å². The molecule has 1 unspecified atom stereocenters. The Bertz CT molecular complexity index is 665. The Morgan fingerprint density at radius 2 is 1.95 bits per heavy atom. The highest BCUT2D eigenvalue weighted by molar-refractivity contribution is 7.88. The first-order valence-electron chi connectivity index (χ1n) is 7.03. The van der Waals surface area contributed by atoms with Gasteiger partial charge < -0.3 is 9.84 Å². The topological polar surface area (TPSA) is 83.9 Å². The monoisotopic (exact) mass is 327 g/mol. The molecule has 0 spiro atoms. The summed E-state index contributed by atoms with van der Waals surface area (Å²) >= 11 is 0. The van der Waals surface area contributed by atoms with Gasteiger partial charge in [0, 0.05) is 20.1 Å². The Kier molecular flexibility index (Phi) is 4.60. The first kappa shape index (κ1) is 16.9. The van der Waals surface area contributed by atoms with Crippen LogP contribution in [0.4, 0.5) is 0 Å². The normalized spacial score (nSPS) is 22.9. The number of hydrogen-bond donors (Lipinski definition) is 1. The second kappa shape index (κ2) is 5.98. The molecule has 122 valence electrons. The van der Waals surface area contributed by atoms with Crippen LogP contribution in [0.3, 0.4) is 0 Å². The molecule has 1 saturated heterocycles. The Hall–Kier alpha value is -1.44. The van der Waals surface area contributed by atoms with Crippen molar-refractivity contribution in [2.45, 2.75) is 31.6 Å². The van der Waals surface area contributed by atoms with Gasteiger partial charge in [-0.25, -0.2) is 13.2 Å². The van der Waals surface area contributed by atoms with Gasteiger partial charge in [-0.05, 0) is 30.5 Å². The van der Waals surface area contributed by atoms with E-state index in [1.165, 1.54) is 11.4 Å². The molecule has 1 aromatic carbocycles. The predicted molar refractivity (Wildman–Crippen MR) is 82.1 cm³/mol. The number of benzene rings is 1. The van der Waals surface area contributed by atoms with Crippen LogP contribution in [0, 0.1) is 13.8 Å². The summed E-state index contributed by atoms with van der Waals surface area (Å²) in [5, 5.41) is 9.28. The standard InChI is InChI=1S/C15H21NO5S/c1-11-5-4-6-12(2)13(11)9-22(19,20)16-8-7-15(10-16,21-3)14(17)18/h4-6H,7-10H2,1-3H3,(H,17,18). The number of sulfonamides is 1. The van der Waals surface area contributed by atoms with E-state index in [1.54, 1.807) is 0 Å². The predicted octanol–water partition coefficient (Wildman–Crippen LogP) is 1.31. The minimum absolute atomic E-state index is 0.120. The molecule has 1 heterocycles. The molecule has 6 nitrogen and oxygen atoms in total. The van der Waals surface area contributed by atoms with Crippen molar-refractivity contribution in [3.8, 4) is 0 Å². The lowest BCUT2D eigenvalue weighted by Gasteiger charge is -2.23. The van der Waals surface area contributed by atoms with Crippen molar-refractivity contribution in [3.05, 3.63) is 34.9 Å². The summed E-state index contributed by atoms with van der Waals surface area (Å²) in [5.41, 5.74) is 1.17. The average molecular weight is 327 g/mol. The lowest BCUT2D eigenvalue weighted by molar-refractivity contribution is -0.160. The zero-order chi connectivity index (χ0) is 16.5. The van der Waals surface area contributed by atoms with Crippen LogP contribution in [0.5, 0.6) is 0 Å². The fraction of sp³-hybridized carbons (Fsp3) is 0.533. The maximum Gasteiger partial charge on any atom is 0.337 e. The van der Waals surface area contributed by atoms with Crippen molar-refractivity contribution in [3.63, 3.8) is 0 Å². The molecule has 22 heavy (non-hydrogen) atoms. The maximum absolute atomic E-state index is 12.6. The molecule has 1 aliphatic heterocycles. The number of aryl methyl sites for hydroxylation is 2. The maximum atomic E-state index is 12.6. The summed E-state index contributed by atoms with van der Waals surface area (Å²) in [4.78, 5) is 11.3. The van der Waals surface area contributed by atoms with Gasteiger partial charge in [-0.2, -0.15) is 4.31 Å². The average Bonchev–Trinajstić information content (AvgIpc) is 2.90. The second-order valence-corrected chi connectivity index (χ2v) is 7.68. The van der Waals surface area contributed by atoms with Crippen LogP contribution in [-0.4, -0.2) is 49.6 Å². The van der Waals surface area contributed by atoms with E-state index in [2.05, 4.69) is 0 Å². The Morgan fingerprint density at radius 3 is 2.41 bits per heavy atom. The van der Waals surface area contributed by atoms with E-state index in [0.29, 0.717) is 0 Å². The fourth-order valence-electron chi connectivity index (χ4n) is 2.76. The van der Waals surface area contributed by atoms with Crippen molar-refractivity contribution in [2.24, 2.45) is 0 Å². The number of aliphatic carboxylic acids is 1. The van der Waals surface area contributed by atoms with Gasteiger partial charge >= 0.3 is 5.97 Å². The van der Waals surface area contributed by atoms with Crippen molar-refractivity contribution in [1.82, 2.24) is 4.31 Å². The summed E-state index contributed by atoms with van der Waals surface area (Å²) in [5.74, 6) is -1.25. The molecule has 1 aliphatic rings. The minimum Gasteiger partial charge on any atom is -0.479 e. The zero-order valence-corrected chi connectivity index (χ0v) is 13.8. The van der Waals surface area contributed by atoms with Crippen LogP contribution >= 0.6 is 0 Å². The molecular weight excluding hydrogens is 306 g/mol. The van der Waals surface area contributed by atoms with Crippen LogP contribution in [0.25, 0.3) is 0 Å². The summed E-state index contributed by atoms with van der Waals surface area (Å²) in [6.45, 7) is 3.76. The summed E-state index contributed by atoms with van der Waals surface area (Å²) in [7, 11) is -2.28. The smallest absolute Gasteiger partial charge is 0.337 e. The number of carbonyl (C=O) groups is 1. The molecule has 1 aromatic rings.